The molecular formula is C31H31FN2. The number of aliphatic imine (C=N–C) groups is 1. The summed E-state index contributed by atoms with van der Waals surface area (Å²) >= 11 is 0. The zero-order chi connectivity index (χ0) is 24.1. The van der Waals surface area contributed by atoms with Gasteiger partial charge in [-0.2, -0.15) is 0 Å². The SMILES string of the molecule is C/C=C(\NC(C)=NC(c1ccccc1)c1ccc(C(C)(C)F)cc1)c1cccc2ccccc12. The number of fused-ring (bicyclic) bond motifs is 1. The Morgan fingerprint density at radius 2 is 1.44 bits per heavy atom. The molecule has 0 amide bonds. The summed E-state index contributed by atoms with van der Waals surface area (Å²) in [6.45, 7) is 7.18. The molecule has 1 atom stereocenters. The van der Waals surface area contributed by atoms with E-state index in [2.05, 4.69) is 66.0 Å². The van der Waals surface area contributed by atoms with Crippen molar-refractivity contribution in [1.82, 2.24) is 5.32 Å². The van der Waals surface area contributed by atoms with Crippen molar-refractivity contribution in [2.45, 2.75) is 39.4 Å². The van der Waals surface area contributed by atoms with Gasteiger partial charge in [-0.1, -0.05) is 103 Å². The van der Waals surface area contributed by atoms with Gasteiger partial charge in [-0.15, -0.1) is 0 Å². The molecule has 0 spiro atoms. The second-order valence-corrected chi connectivity index (χ2v) is 8.98. The maximum atomic E-state index is 14.4. The monoisotopic (exact) mass is 450 g/mol. The first-order valence-electron chi connectivity index (χ1n) is 11.7. The van der Waals surface area contributed by atoms with Crippen molar-refractivity contribution >= 4 is 22.3 Å². The Morgan fingerprint density at radius 3 is 2.12 bits per heavy atom. The summed E-state index contributed by atoms with van der Waals surface area (Å²) in [5.41, 5.74) is 3.55. The van der Waals surface area contributed by atoms with Crippen LogP contribution in [0.2, 0.25) is 0 Å². The van der Waals surface area contributed by atoms with Crippen LogP contribution in [0.25, 0.3) is 16.5 Å². The lowest BCUT2D eigenvalue weighted by atomic mass is 9.94. The molecule has 0 aliphatic carbocycles. The number of rotatable bonds is 6. The summed E-state index contributed by atoms with van der Waals surface area (Å²) in [6.07, 6.45) is 2.08. The van der Waals surface area contributed by atoms with Crippen molar-refractivity contribution in [2.75, 3.05) is 0 Å². The van der Waals surface area contributed by atoms with Gasteiger partial charge in [0, 0.05) is 11.3 Å². The van der Waals surface area contributed by atoms with E-state index in [9.17, 15) is 4.39 Å². The van der Waals surface area contributed by atoms with Crippen LogP contribution in [-0.2, 0) is 5.67 Å². The summed E-state index contributed by atoms with van der Waals surface area (Å²) in [5, 5.41) is 5.93. The number of benzene rings is 4. The maximum Gasteiger partial charge on any atom is 0.130 e. The van der Waals surface area contributed by atoms with Crippen molar-refractivity contribution in [2.24, 2.45) is 4.99 Å². The molecular weight excluding hydrogens is 419 g/mol. The van der Waals surface area contributed by atoms with Gasteiger partial charge in [-0.05, 0) is 55.2 Å². The summed E-state index contributed by atoms with van der Waals surface area (Å²) in [7, 11) is 0. The fourth-order valence-corrected chi connectivity index (χ4v) is 4.21. The molecule has 0 aliphatic heterocycles. The second kappa shape index (κ2) is 10.0. The van der Waals surface area contributed by atoms with E-state index in [-0.39, 0.29) is 6.04 Å². The molecule has 4 aromatic carbocycles. The predicted molar refractivity (Wildman–Crippen MR) is 143 cm³/mol. The van der Waals surface area contributed by atoms with Crippen molar-refractivity contribution < 1.29 is 4.39 Å². The molecule has 0 heterocycles. The molecule has 0 aliphatic rings. The summed E-state index contributed by atoms with van der Waals surface area (Å²) in [6, 6.07) is 32.4. The summed E-state index contributed by atoms with van der Waals surface area (Å²) < 4.78 is 14.4. The van der Waals surface area contributed by atoms with E-state index in [0.29, 0.717) is 5.56 Å². The molecule has 3 heteroatoms. The molecule has 172 valence electrons. The van der Waals surface area contributed by atoms with Crippen molar-refractivity contribution in [3.05, 3.63) is 125 Å². The maximum absolute atomic E-state index is 14.4. The number of nitrogens with zero attached hydrogens (tertiary/aromatic N) is 1. The molecule has 0 fully saturated rings. The number of nitrogens with one attached hydrogen (secondary N) is 1. The largest absolute Gasteiger partial charge is 0.344 e. The van der Waals surface area contributed by atoms with Gasteiger partial charge in [0.05, 0.1) is 5.84 Å². The third kappa shape index (κ3) is 5.26. The first kappa shape index (κ1) is 23.4. The number of allylic oxidation sites excluding steroid dienone is 1. The minimum Gasteiger partial charge on any atom is -0.344 e. The van der Waals surface area contributed by atoms with Gasteiger partial charge in [-0.25, -0.2) is 4.39 Å². The minimum atomic E-state index is -1.37. The molecule has 0 saturated heterocycles. The number of halogens is 1. The lowest BCUT2D eigenvalue weighted by molar-refractivity contribution is 0.221. The standard InChI is InChI=1S/C31H31FN2/c1-5-29(28-17-11-15-23-12-9-10-16-27(23)28)33-22(2)34-30(24-13-7-6-8-14-24)25-18-20-26(21-19-25)31(3,4)32/h5-21,30H,1-4H3,(H,33,34)/b29-5-. The molecule has 2 nitrogen and oxygen atoms in total. The zero-order valence-electron chi connectivity index (χ0n) is 20.2. The normalized spacial score (nSPS) is 13.7. The third-order valence-corrected chi connectivity index (χ3v) is 6.03. The molecule has 0 saturated carbocycles. The van der Waals surface area contributed by atoms with E-state index >= 15 is 0 Å². The van der Waals surface area contributed by atoms with E-state index in [1.165, 1.54) is 10.8 Å². The molecule has 0 bridgehead atoms. The minimum absolute atomic E-state index is 0.198. The van der Waals surface area contributed by atoms with E-state index in [1.807, 2.05) is 56.3 Å². The molecule has 34 heavy (non-hydrogen) atoms. The molecule has 0 radical (unpaired) electrons. The Morgan fingerprint density at radius 1 is 0.824 bits per heavy atom. The fraction of sp³-hybridized carbons (Fsp3) is 0.194. The van der Waals surface area contributed by atoms with Gasteiger partial charge in [0.2, 0.25) is 0 Å². The van der Waals surface area contributed by atoms with Gasteiger partial charge < -0.3 is 5.32 Å². The first-order chi connectivity index (χ1) is 16.4. The third-order valence-electron chi connectivity index (χ3n) is 6.03. The van der Waals surface area contributed by atoms with Gasteiger partial charge in [0.25, 0.3) is 0 Å². The number of hydrogen-bond acceptors (Lipinski definition) is 1. The van der Waals surface area contributed by atoms with Crippen LogP contribution in [0.5, 0.6) is 0 Å². The Labute approximate surface area is 201 Å². The average molecular weight is 451 g/mol. The Balaban J connectivity index is 1.68. The van der Waals surface area contributed by atoms with Gasteiger partial charge in [0.15, 0.2) is 0 Å². The predicted octanol–water partition coefficient (Wildman–Crippen LogP) is 8.20. The summed E-state index contributed by atoms with van der Waals surface area (Å²) in [4.78, 5) is 5.07. The lowest BCUT2D eigenvalue weighted by Crippen LogP contribution is -2.20. The topological polar surface area (TPSA) is 24.4 Å². The van der Waals surface area contributed by atoms with Gasteiger partial charge in [-0.3, -0.25) is 4.99 Å². The van der Waals surface area contributed by atoms with Gasteiger partial charge >= 0.3 is 0 Å². The highest BCUT2D eigenvalue weighted by molar-refractivity contribution is 5.98. The average Bonchev–Trinajstić information content (AvgIpc) is 2.85. The Bertz CT molecular complexity index is 1310. The number of amidine groups is 1. The van der Waals surface area contributed by atoms with E-state index in [0.717, 1.165) is 28.2 Å². The van der Waals surface area contributed by atoms with Crippen LogP contribution in [-0.4, -0.2) is 5.84 Å². The highest BCUT2D eigenvalue weighted by Gasteiger charge is 2.20. The highest BCUT2D eigenvalue weighted by atomic mass is 19.1. The van der Waals surface area contributed by atoms with E-state index in [4.69, 9.17) is 4.99 Å². The Kier molecular flexibility index (Phi) is 6.93. The first-order valence-corrected chi connectivity index (χ1v) is 11.7. The van der Waals surface area contributed by atoms with Crippen molar-refractivity contribution in [1.29, 1.82) is 0 Å². The van der Waals surface area contributed by atoms with Crippen LogP contribution in [0.15, 0.2) is 108 Å². The molecule has 0 aromatic heterocycles. The second-order valence-electron chi connectivity index (χ2n) is 8.98. The smallest absolute Gasteiger partial charge is 0.130 e. The lowest BCUT2D eigenvalue weighted by Gasteiger charge is -2.19. The molecule has 4 rings (SSSR count). The highest BCUT2D eigenvalue weighted by Crippen LogP contribution is 2.30. The molecule has 1 N–H and O–H groups in total. The van der Waals surface area contributed by atoms with Gasteiger partial charge in [0.1, 0.15) is 11.7 Å². The van der Waals surface area contributed by atoms with Crippen molar-refractivity contribution in [3.8, 4) is 0 Å². The molecule has 1 unspecified atom stereocenters. The molecule has 4 aromatic rings. The quantitative estimate of drug-likeness (QED) is 0.232. The number of hydrogen-bond donors (Lipinski definition) is 1. The van der Waals surface area contributed by atoms with Crippen LogP contribution in [0, 0.1) is 0 Å². The van der Waals surface area contributed by atoms with Crippen LogP contribution in [0.3, 0.4) is 0 Å². The zero-order valence-corrected chi connectivity index (χ0v) is 20.2. The Hall–Kier alpha value is -3.72. The fourth-order valence-electron chi connectivity index (χ4n) is 4.21. The van der Waals surface area contributed by atoms with Crippen LogP contribution in [0.1, 0.15) is 56.0 Å². The van der Waals surface area contributed by atoms with Crippen molar-refractivity contribution in [3.63, 3.8) is 0 Å². The van der Waals surface area contributed by atoms with Crippen LogP contribution >= 0.6 is 0 Å². The van der Waals surface area contributed by atoms with E-state index < -0.39 is 5.67 Å². The van der Waals surface area contributed by atoms with E-state index in [1.54, 1.807) is 13.8 Å². The summed E-state index contributed by atoms with van der Waals surface area (Å²) in [5.74, 6) is 0.810. The number of alkyl halides is 1. The van der Waals surface area contributed by atoms with Crippen LogP contribution in [0.4, 0.5) is 4.39 Å². The van der Waals surface area contributed by atoms with Crippen LogP contribution < -0.4 is 5.32 Å².